The van der Waals surface area contributed by atoms with E-state index in [9.17, 15) is 0 Å². The second kappa shape index (κ2) is 0.993. The van der Waals surface area contributed by atoms with Crippen LogP contribution < -0.4 is 0 Å². The van der Waals surface area contributed by atoms with Crippen LogP contribution in [0, 0.1) is 11.5 Å². The topological polar surface area (TPSA) is 0 Å². The molecule has 0 radical (unpaired) electrons. The van der Waals surface area contributed by atoms with E-state index in [4.69, 9.17) is 0 Å². The Labute approximate surface area is 128 Å². The molecule has 0 aliphatic carbocycles. The van der Waals surface area contributed by atoms with Gasteiger partial charge in [0.05, 0.1) is 0 Å². The van der Waals surface area contributed by atoms with E-state index < -0.39 is 14.6 Å². The summed E-state index contributed by atoms with van der Waals surface area (Å²) in [5.41, 5.74) is 6.65. The van der Waals surface area contributed by atoms with Crippen LogP contribution in [0.2, 0.25) is 63.0 Å². The van der Waals surface area contributed by atoms with Crippen molar-refractivity contribution in [2.24, 2.45) is 0 Å². The maximum absolute atomic E-state index is 3.53. The van der Waals surface area contributed by atoms with Gasteiger partial charge in [0.25, 0.3) is 0 Å². The van der Waals surface area contributed by atoms with Crippen LogP contribution in [0.25, 0.3) is 0 Å². The molecule has 10 saturated heterocycles. The first-order valence-corrected chi connectivity index (χ1v) is 19.4. The van der Waals surface area contributed by atoms with Gasteiger partial charge in [-0.1, -0.05) is 0 Å². The van der Waals surface area contributed by atoms with Gasteiger partial charge in [0.2, 0.25) is 0 Å². The van der Waals surface area contributed by atoms with E-state index in [1.165, 1.54) is 48.9 Å². The summed E-state index contributed by atoms with van der Waals surface area (Å²) in [6.45, 7) is 4.07. The third-order valence-corrected chi connectivity index (χ3v) is 59.8. The van der Waals surface area contributed by atoms with Gasteiger partial charge in [0.15, 0.2) is 0 Å². The molecular formula is C21H22FeSi. The number of hydrogen-bond donors (Lipinski definition) is 0. The van der Waals surface area contributed by atoms with E-state index in [0.717, 1.165) is 4.31 Å². The van der Waals surface area contributed by atoms with Crippen molar-refractivity contribution in [3.05, 3.63) is 35.4 Å². The Morgan fingerprint density at radius 3 is 1.70 bits per heavy atom. The molecule has 1 aromatic carbocycles. The Bertz CT molecular complexity index is 1290. The van der Waals surface area contributed by atoms with Crippen molar-refractivity contribution in [3.8, 4) is 11.5 Å². The van der Waals surface area contributed by atoms with E-state index >= 15 is 0 Å². The Morgan fingerprint density at radius 2 is 1.35 bits per heavy atom. The van der Waals surface area contributed by atoms with Gasteiger partial charge in [-0.3, -0.25) is 0 Å². The second-order valence-corrected chi connectivity index (χ2v) is 42.1. The van der Waals surface area contributed by atoms with Crippen LogP contribution in [0.1, 0.15) is 11.1 Å². The van der Waals surface area contributed by atoms with Crippen molar-refractivity contribution in [2.45, 2.75) is 67.3 Å². The van der Waals surface area contributed by atoms with E-state index in [-0.39, 0.29) is 0 Å². The van der Waals surface area contributed by atoms with Gasteiger partial charge in [0, 0.05) is 0 Å². The van der Waals surface area contributed by atoms with E-state index in [1.807, 2.05) is 5.56 Å². The molecule has 10 fully saturated rings. The Kier molecular flexibility index (Phi) is 0.426. The first-order valence-electron chi connectivity index (χ1n) is 9.58. The molecule has 0 nitrogen and oxygen atoms in total. The maximum atomic E-state index is 3.53. The standard InChI is InChI=1S/C16H17Si.C5H5.Fe/c1-17(2,3)13-12-14-8-10-16(11-9-14)15-6-4-5-7-15;1-2-4-5-3-1;/h4-11H,1-3H3;1-5H;. The first kappa shape index (κ1) is 9.86. The fraction of sp³-hybridized carbons (Fsp3) is 0.619. The van der Waals surface area contributed by atoms with Crippen molar-refractivity contribution in [3.63, 3.8) is 0 Å². The van der Waals surface area contributed by atoms with Gasteiger partial charge < -0.3 is 0 Å². The molecule has 1 spiro atoms. The molecule has 1 aromatic rings. The summed E-state index contributed by atoms with van der Waals surface area (Å²) in [5, 5.41) is 0. The molecule has 0 bridgehead atoms. The minimum absolute atomic E-state index is 0.920. The third kappa shape index (κ3) is 0.149. The summed E-state index contributed by atoms with van der Waals surface area (Å²) >= 11 is 0. The van der Waals surface area contributed by atoms with Crippen LogP contribution in [0.4, 0.5) is 0 Å². The van der Waals surface area contributed by atoms with Crippen molar-refractivity contribution in [1.29, 1.82) is 0 Å². The quantitative estimate of drug-likeness (QED) is 0.445. The Hall–Kier alpha value is -0.484. The van der Waals surface area contributed by atoms with Gasteiger partial charge in [-0.25, -0.2) is 0 Å². The van der Waals surface area contributed by atoms with E-state index in [1.54, 1.807) is 0 Å². The van der Waals surface area contributed by atoms with Gasteiger partial charge in [-0.05, 0) is 0 Å². The zero-order valence-electron chi connectivity index (χ0n) is 13.9. The monoisotopic (exact) mass is 358 g/mol. The summed E-state index contributed by atoms with van der Waals surface area (Å²) < 4.78 is 0.920. The van der Waals surface area contributed by atoms with Crippen molar-refractivity contribution in [1.82, 2.24) is 0 Å². The van der Waals surface area contributed by atoms with Crippen molar-refractivity contribution in [2.75, 3.05) is 0 Å². The van der Waals surface area contributed by atoms with Gasteiger partial charge in [-0.2, -0.15) is 0 Å². The first-order chi connectivity index (χ1) is 10.7. The molecule has 10 aliphatic heterocycles. The fourth-order valence-corrected chi connectivity index (χ4v) is 92.8. The minimum atomic E-state index is -2.94. The fourth-order valence-electron chi connectivity index (χ4n) is 18.1. The molecule has 0 saturated carbocycles. The van der Waals surface area contributed by atoms with Crippen LogP contribution in [0.15, 0.2) is 24.3 Å². The molecule has 0 aromatic heterocycles. The molecule has 2 heteroatoms. The number of benzene rings is 1. The molecule has 4 atom stereocenters. The predicted octanol–water partition coefficient (Wildman–Crippen LogP) is 5.71. The van der Waals surface area contributed by atoms with Crippen LogP contribution in [0.3, 0.4) is 0 Å². The molecule has 11 rings (SSSR count). The normalized spacial score (nSPS) is 91.2. The van der Waals surface area contributed by atoms with E-state index in [2.05, 4.69) is 55.4 Å². The molecular weight excluding hydrogens is 336 g/mol. The summed E-state index contributed by atoms with van der Waals surface area (Å²) in [6, 6.07) is 9.90. The van der Waals surface area contributed by atoms with Gasteiger partial charge in [0.1, 0.15) is 0 Å². The summed E-state index contributed by atoms with van der Waals surface area (Å²) in [6.07, 6.45) is 0. The second-order valence-electron chi connectivity index (χ2n) is 13.8. The molecule has 10 heterocycles. The van der Waals surface area contributed by atoms with Crippen LogP contribution >= 0.6 is 0 Å². The third-order valence-electron chi connectivity index (χ3n) is 16.6. The molecule has 4 unspecified atom stereocenters. The van der Waals surface area contributed by atoms with Crippen molar-refractivity contribution >= 4 is 8.07 Å². The molecule has 10 aliphatic rings. The number of rotatable bonds is 1. The molecule has 0 amide bonds. The summed E-state index contributed by atoms with van der Waals surface area (Å²) in [7, 11) is -1.26. The molecule has 0 N–H and O–H groups in total. The SMILES string of the molecule is C[Si](C)(C)C#Cc1ccc([C]23[CH]4[CH]5[CH]6[CH]2[Fe]56432789[CH]3[CH]2[CH]7[CH]8[CH]39)cc1. The number of fused-ring (bicyclic) bond motifs is 10. The zero-order chi connectivity index (χ0) is 14.9. The molecule has 118 valence electrons. The Morgan fingerprint density at radius 1 is 0.826 bits per heavy atom. The van der Waals surface area contributed by atoms with E-state index in [0.29, 0.717) is 0 Å². The zero-order valence-corrected chi connectivity index (χ0v) is 16.0. The summed E-state index contributed by atoms with van der Waals surface area (Å²) in [4.78, 5) is 12.8. The van der Waals surface area contributed by atoms with Gasteiger partial charge >= 0.3 is 129 Å². The average Bonchev–Trinajstić information content (AvgIpc) is 3.45. The molecule has 23 heavy (non-hydrogen) atoms. The van der Waals surface area contributed by atoms with Crippen LogP contribution in [-0.4, -0.2) is 8.07 Å². The Balaban J connectivity index is 1.19. The number of hydrogen-bond acceptors (Lipinski definition) is 0. The van der Waals surface area contributed by atoms with Crippen LogP contribution in [-0.2, 0) is 10.8 Å². The predicted molar refractivity (Wildman–Crippen MR) is 92.1 cm³/mol. The van der Waals surface area contributed by atoms with Crippen LogP contribution in [0.5, 0.6) is 0 Å². The van der Waals surface area contributed by atoms with Gasteiger partial charge in [-0.15, -0.1) is 0 Å². The van der Waals surface area contributed by atoms with Crippen molar-refractivity contribution < 1.29 is 6.51 Å². The average molecular weight is 358 g/mol. The summed E-state index contributed by atoms with van der Waals surface area (Å²) in [5.74, 6) is 3.46.